The number of carbonyl (C=O) groups is 3. The van der Waals surface area contributed by atoms with E-state index in [0.717, 1.165) is 31.4 Å². The van der Waals surface area contributed by atoms with Crippen molar-refractivity contribution in [2.75, 3.05) is 22.1 Å². The molecular formula is C27H27N3O3S. The average molecular weight is 474 g/mol. The molecule has 1 aliphatic carbocycles. The number of nitrogens with zero attached hydrogens (tertiary/aromatic N) is 1. The Morgan fingerprint density at radius 2 is 1.62 bits per heavy atom. The molecule has 2 N–H and O–H groups in total. The van der Waals surface area contributed by atoms with Crippen LogP contribution in [0, 0.1) is 11.8 Å². The fourth-order valence-electron chi connectivity index (χ4n) is 5.02. The molecule has 2 unspecified atom stereocenters. The molecule has 5 rings (SSSR count). The highest BCUT2D eigenvalue weighted by Gasteiger charge is 2.39. The van der Waals surface area contributed by atoms with Gasteiger partial charge in [0.25, 0.3) is 5.91 Å². The van der Waals surface area contributed by atoms with Crippen LogP contribution >= 0.6 is 11.3 Å². The molecule has 0 saturated heterocycles. The Hall–Kier alpha value is -3.45. The number of benzene rings is 2. The molecule has 3 aromatic rings. The van der Waals surface area contributed by atoms with Crippen molar-refractivity contribution in [3.8, 4) is 0 Å². The van der Waals surface area contributed by atoms with Gasteiger partial charge in [0.1, 0.15) is 0 Å². The number of thiophene rings is 1. The Balaban J connectivity index is 1.28. The zero-order chi connectivity index (χ0) is 23.5. The van der Waals surface area contributed by atoms with Crippen molar-refractivity contribution in [2.24, 2.45) is 11.8 Å². The number of hydrogen-bond donors (Lipinski definition) is 2. The summed E-state index contributed by atoms with van der Waals surface area (Å²) in [6.07, 6.45) is 4.18. The van der Waals surface area contributed by atoms with Gasteiger partial charge in [0.05, 0.1) is 10.8 Å². The first-order chi connectivity index (χ1) is 16.6. The summed E-state index contributed by atoms with van der Waals surface area (Å²) in [4.78, 5) is 41.7. The summed E-state index contributed by atoms with van der Waals surface area (Å²) in [5, 5.41) is 7.72. The minimum absolute atomic E-state index is 0.0572. The van der Waals surface area contributed by atoms with Gasteiger partial charge in [-0.25, -0.2) is 0 Å². The lowest BCUT2D eigenvalue weighted by atomic mass is 9.77. The Kier molecular flexibility index (Phi) is 6.45. The predicted octanol–water partition coefficient (Wildman–Crippen LogP) is 5.33. The van der Waals surface area contributed by atoms with Crippen LogP contribution in [0.15, 0.2) is 66.0 Å². The third-order valence-electron chi connectivity index (χ3n) is 6.71. The number of anilines is 3. The zero-order valence-corrected chi connectivity index (χ0v) is 19.6. The van der Waals surface area contributed by atoms with Gasteiger partial charge in [-0.15, -0.1) is 11.3 Å². The molecule has 1 saturated carbocycles. The molecule has 7 heteroatoms. The number of rotatable bonds is 5. The van der Waals surface area contributed by atoms with Gasteiger partial charge in [-0.2, -0.15) is 0 Å². The molecule has 1 fully saturated rings. The maximum Gasteiger partial charge on any atom is 0.265 e. The monoisotopic (exact) mass is 473 g/mol. The van der Waals surface area contributed by atoms with E-state index in [1.807, 2.05) is 34.5 Å². The Bertz CT molecular complexity index is 1210. The van der Waals surface area contributed by atoms with Crippen molar-refractivity contribution in [1.82, 2.24) is 0 Å². The molecule has 0 spiro atoms. The van der Waals surface area contributed by atoms with Crippen molar-refractivity contribution in [1.29, 1.82) is 0 Å². The molecule has 2 heterocycles. The van der Waals surface area contributed by atoms with E-state index in [1.54, 1.807) is 30.3 Å². The van der Waals surface area contributed by atoms with Crippen LogP contribution in [0.1, 0.15) is 40.9 Å². The number of hydrogen-bond acceptors (Lipinski definition) is 4. The standard InChI is InChI=1S/C27H27N3O3S/c31-25(28-19-8-5-9-20(17-19)29-26(32)24-13-6-16-34-24)21-10-2-3-11-22(21)27(33)30-15-14-18-7-1-4-12-23(18)30/h1,4-9,12-13,16-17,21-22H,2-3,10-11,14-15H2,(H,28,31)(H,29,32). The van der Waals surface area contributed by atoms with Crippen LogP contribution in [-0.2, 0) is 16.0 Å². The average Bonchev–Trinajstić information content (AvgIpc) is 3.54. The van der Waals surface area contributed by atoms with Crippen LogP contribution in [0.5, 0.6) is 0 Å². The van der Waals surface area contributed by atoms with Gasteiger partial charge in [0.2, 0.25) is 11.8 Å². The lowest BCUT2D eigenvalue weighted by molar-refractivity contribution is -0.132. The molecule has 3 amide bonds. The smallest absolute Gasteiger partial charge is 0.265 e. The van der Waals surface area contributed by atoms with Crippen LogP contribution in [0.2, 0.25) is 0 Å². The zero-order valence-electron chi connectivity index (χ0n) is 18.8. The Morgan fingerprint density at radius 3 is 2.41 bits per heavy atom. The van der Waals surface area contributed by atoms with E-state index in [-0.39, 0.29) is 29.6 Å². The van der Waals surface area contributed by atoms with E-state index in [0.29, 0.717) is 29.2 Å². The second-order valence-corrected chi connectivity index (χ2v) is 9.82. The topological polar surface area (TPSA) is 78.5 Å². The number of fused-ring (bicyclic) bond motifs is 1. The molecule has 2 aliphatic rings. The molecular weight excluding hydrogens is 446 g/mol. The van der Waals surface area contributed by atoms with Crippen LogP contribution < -0.4 is 15.5 Å². The molecule has 1 aromatic heterocycles. The first-order valence-corrected chi connectivity index (χ1v) is 12.6. The lowest BCUT2D eigenvalue weighted by Gasteiger charge is -2.32. The molecule has 34 heavy (non-hydrogen) atoms. The second kappa shape index (κ2) is 9.81. The number of para-hydroxylation sites is 1. The summed E-state index contributed by atoms with van der Waals surface area (Å²) in [5.74, 6) is -0.934. The molecule has 0 bridgehead atoms. The quantitative estimate of drug-likeness (QED) is 0.525. The van der Waals surface area contributed by atoms with Crippen LogP contribution in [-0.4, -0.2) is 24.3 Å². The van der Waals surface area contributed by atoms with E-state index in [1.165, 1.54) is 16.9 Å². The van der Waals surface area contributed by atoms with Crippen molar-refractivity contribution in [2.45, 2.75) is 32.1 Å². The van der Waals surface area contributed by atoms with Crippen molar-refractivity contribution < 1.29 is 14.4 Å². The van der Waals surface area contributed by atoms with Gasteiger partial charge < -0.3 is 15.5 Å². The van der Waals surface area contributed by atoms with Gasteiger partial charge >= 0.3 is 0 Å². The fourth-order valence-corrected chi connectivity index (χ4v) is 5.64. The largest absolute Gasteiger partial charge is 0.326 e. The van der Waals surface area contributed by atoms with Gasteiger partial charge in [-0.05, 0) is 60.5 Å². The maximum absolute atomic E-state index is 13.5. The molecule has 0 radical (unpaired) electrons. The van der Waals surface area contributed by atoms with Gasteiger partial charge in [0.15, 0.2) is 0 Å². The summed E-state index contributed by atoms with van der Waals surface area (Å²) < 4.78 is 0. The summed E-state index contributed by atoms with van der Waals surface area (Å²) in [7, 11) is 0. The second-order valence-electron chi connectivity index (χ2n) is 8.87. The summed E-state index contributed by atoms with van der Waals surface area (Å²) in [6, 6.07) is 18.8. The number of amides is 3. The Morgan fingerprint density at radius 1 is 0.853 bits per heavy atom. The highest BCUT2D eigenvalue weighted by atomic mass is 32.1. The van der Waals surface area contributed by atoms with Crippen LogP contribution in [0.3, 0.4) is 0 Å². The molecule has 2 atom stereocenters. The first kappa shape index (κ1) is 22.3. The van der Waals surface area contributed by atoms with Crippen molar-refractivity contribution in [3.63, 3.8) is 0 Å². The molecule has 2 aromatic carbocycles. The number of carbonyl (C=O) groups excluding carboxylic acids is 3. The highest BCUT2D eigenvalue weighted by molar-refractivity contribution is 7.12. The van der Waals surface area contributed by atoms with E-state index >= 15 is 0 Å². The summed E-state index contributed by atoms with van der Waals surface area (Å²) >= 11 is 1.38. The fraction of sp³-hybridized carbons (Fsp3) is 0.296. The molecule has 174 valence electrons. The maximum atomic E-state index is 13.5. The van der Waals surface area contributed by atoms with E-state index in [2.05, 4.69) is 16.7 Å². The van der Waals surface area contributed by atoms with E-state index in [9.17, 15) is 14.4 Å². The Labute approximate surface area is 203 Å². The normalized spacial score (nSPS) is 19.4. The highest BCUT2D eigenvalue weighted by Crippen LogP contribution is 2.36. The lowest BCUT2D eigenvalue weighted by Crippen LogP contribution is -2.43. The summed E-state index contributed by atoms with van der Waals surface area (Å²) in [6.45, 7) is 0.676. The molecule has 6 nitrogen and oxygen atoms in total. The minimum atomic E-state index is -0.363. The third kappa shape index (κ3) is 4.61. The van der Waals surface area contributed by atoms with Gasteiger partial charge in [-0.1, -0.05) is 43.2 Å². The predicted molar refractivity (Wildman–Crippen MR) is 135 cm³/mol. The molecule has 1 aliphatic heterocycles. The van der Waals surface area contributed by atoms with Gasteiger partial charge in [0, 0.05) is 29.5 Å². The SMILES string of the molecule is O=C(Nc1cccc(NC(=O)C2CCCCC2C(=O)N2CCc3ccccc32)c1)c1cccs1. The van der Waals surface area contributed by atoms with Crippen molar-refractivity contribution >= 4 is 46.1 Å². The van der Waals surface area contributed by atoms with E-state index in [4.69, 9.17) is 0 Å². The minimum Gasteiger partial charge on any atom is -0.326 e. The number of nitrogens with one attached hydrogen (secondary N) is 2. The van der Waals surface area contributed by atoms with Crippen molar-refractivity contribution in [3.05, 3.63) is 76.5 Å². The van der Waals surface area contributed by atoms with Gasteiger partial charge in [-0.3, -0.25) is 14.4 Å². The van der Waals surface area contributed by atoms with Crippen LogP contribution in [0.25, 0.3) is 0 Å². The summed E-state index contributed by atoms with van der Waals surface area (Å²) in [5.41, 5.74) is 3.39. The van der Waals surface area contributed by atoms with Crippen LogP contribution in [0.4, 0.5) is 17.1 Å². The first-order valence-electron chi connectivity index (χ1n) is 11.8. The van der Waals surface area contributed by atoms with E-state index < -0.39 is 0 Å². The third-order valence-corrected chi connectivity index (χ3v) is 7.57.